The zero-order valence-corrected chi connectivity index (χ0v) is 12.9. The smallest absolute Gasteiger partial charge is 0.210 e. The molecular formula is C14H15N5O2S. The first-order valence-corrected chi connectivity index (χ1v) is 7.83. The Morgan fingerprint density at radius 3 is 3.00 bits per heavy atom. The van der Waals surface area contributed by atoms with E-state index in [4.69, 9.17) is 9.15 Å². The molecule has 0 bridgehead atoms. The van der Waals surface area contributed by atoms with Crippen LogP contribution in [0.25, 0.3) is 0 Å². The third-order valence-corrected chi connectivity index (χ3v) is 3.83. The zero-order valence-electron chi connectivity index (χ0n) is 12.0. The topological polar surface area (TPSA) is 78.9 Å². The van der Waals surface area contributed by atoms with Gasteiger partial charge in [-0.25, -0.2) is 4.68 Å². The van der Waals surface area contributed by atoms with Crippen molar-refractivity contribution in [3.8, 4) is 5.75 Å². The summed E-state index contributed by atoms with van der Waals surface area (Å²) >= 11 is 1.53. The van der Waals surface area contributed by atoms with Crippen LogP contribution >= 0.6 is 11.8 Å². The van der Waals surface area contributed by atoms with Gasteiger partial charge in [-0.2, -0.15) is 0 Å². The Morgan fingerprint density at radius 1 is 1.32 bits per heavy atom. The third-order valence-electron chi connectivity index (χ3n) is 2.84. The largest absolute Gasteiger partial charge is 0.492 e. The summed E-state index contributed by atoms with van der Waals surface area (Å²) in [6.45, 7) is 3.10. The molecule has 3 aromatic heterocycles. The average molecular weight is 317 g/mol. The van der Waals surface area contributed by atoms with Crippen molar-refractivity contribution in [2.45, 2.75) is 24.4 Å². The first-order chi connectivity index (χ1) is 10.8. The van der Waals surface area contributed by atoms with E-state index >= 15 is 0 Å². The number of thioether (sulfide) groups is 1. The van der Waals surface area contributed by atoms with Crippen molar-refractivity contribution in [3.05, 3.63) is 48.2 Å². The van der Waals surface area contributed by atoms with Crippen LogP contribution in [0.5, 0.6) is 5.75 Å². The molecule has 0 fully saturated rings. The second-order valence-electron chi connectivity index (χ2n) is 4.41. The first-order valence-electron chi connectivity index (χ1n) is 6.84. The molecule has 0 aliphatic carbocycles. The summed E-state index contributed by atoms with van der Waals surface area (Å²) < 4.78 is 12.4. The average Bonchev–Trinajstić information content (AvgIpc) is 3.19. The Morgan fingerprint density at radius 2 is 2.27 bits per heavy atom. The Bertz CT molecular complexity index is 696. The molecule has 0 atom stereocenters. The molecule has 0 aromatic carbocycles. The highest BCUT2D eigenvalue weighted by atomic mass is 32.2. The zero-order chi connectivity index (χ0) is 15.2. The minimum Gasteiger partial charge on any atom is -0.492 e. The van der Waals surface area contributed by atoms with Gasteiger partial charge in [0.05, 0.1) is 24.8 Å². The number of furan rings is 1. The lowest BCUT2D eigenvalue weighted by molar-refractivity contribution is 0.338. The maximum absolute atomic E-state index is 5.37. The normalized spacial score (nSPS) is 10.8. The number of ether oxygens (including phenoxy) is 1. The van der Waals surface area contributed by atoms with Crippen LogP contribution in [0.4, 0.5) is 0 Å². The predicted octanol–water partition coefficient (Wildman–Crippen LogP) is 2.40. The van der Waals surface area contributed by atoms with Crippen molar-refractivity contribution in [2.24, 2.45) is 0 Å². The van der Waals surface area contributed by atoms with Gasteiger partial charge in [0.15, 0.2) is 0 Å². The van der Waals surface area contributed by atoms with Crippen LogP contribution in [0.3, 0.4) is 0 Å². The number of tetrazole rings is 1. The number of nitrogens with zero attached hydrogens (tertiary/aromatic N) is 5. The molecule has 0 spiro atoms. The summed E-state index contributed by atoms with van der Waals surface area (Å²) in [5, 5.41) is 12.4. The molecule has 0 radical (unpaired) electrons. The Hall–Kier alpha value is -2.35. The maximum Gasteiger partial charge on any atom is 0.210 e. The Kier molecular flexibility index (Phi) is 4.69. The van der Waals surface area contributed by atoms with E-state index in [1.165, 1.54) is 11.8 Å². The van der Waals surface area contributed by atoms with E-state index in [1.54, 1.807) is 17.1 Å². The van der Waals surface area contributed by atoms with Crippen molar-refractivity contribution in [1.29, 1.82) is 0 Å². The highest BCUT2D eigenvalue weighted by Crippen LogP contribution is 2.20. The Labute approximate surface area is 131 Å². The minimum absolute atomic E-state index is 0.513. The molecule has 0 unspecified atom stereocenters. The van der Waals surface area contributed by atoms with Gasteiger partial charge in [0.25, 0.3) is 0 Å². The fourth-order valence-electron chi connectivity index (χ4n) is 1.84. The highest BCUT2D eigenvalue weighted by molar-refractivity contribution is 7.98. The number of hydrogen-bond donors (Lipinski definition) is 0. The van der Waals surface area contributed by atoms with Crippen LogP contribution in [0, 0.1) is 0 Å². The molecule has 0 aliphatic rings. The fraction of sp³-hybridized carbons (Fsp3) is 0.286. The molecule has 0 saturated carbocycles. The summed E-state index contributed by atoms with van der Waals surface area (Å²) in [6.07, 6.45) is 3.36. The maximum atomic E-state index is 5.37. The van der Waals surface area contributed by atoms with E-state index in [0.29, 0.717) is 18.9 Å². The number of hydrogen-bond acceptors (Lipinski definition) is 7. The lowest BCUT2D eigenvalue weighted by Crippen LogP contribution is -2.03. The lowest BCUT2D eigenvalue weighted by Gasteiger charge is -2.04. The Balaban J connectivity index is 1.60. The van der Waals surface area contributed by atoms with Gasteiger partial charge in [0.1, 0.15) is 18.1 Å². The molecule has 3 aromatic rings. The van der Waals surface area contributed by atoms with Gasteiger partial charge < -0.3 is 9.15 Å². The minimum atomic E-state index is 0.513. The van der Waals surface area contributed by atoms with Crippen molar-refractivity contribution in [3.63, 3.8) is 0 Å². The van der Waals surface area contributed by atoms with Crippen LogP contribution in [-0.2, 0) is 12.3 Å². The quantitative estimate of drug-likeness (QED) is 0.619. The molecule has 114 valence electrons. The van der Waals surface area contributed by atoms with Crippen molar-refractivity contribution in [2.75, 3.05) is 6.61 Å². The molecule has 0 saturated heterocycles. The molecular weight excluding hydrogens is 302 g/mol. The van der Waals surface area contributed by atoms with Crippen molar-refractivity contribution in [1.82, 2.24) is 25.2 Å². The summed E-state index contributed by atoms with van der Waals surface area (Å²) in [4.78, 5) is 4.36. The summed E-state index contributed by atoms with van der Waals surface area (Å²) in [7, 11) is 0. The molecule has 0 aliphatic heterocycles. The van der Waals surface area contributed by atoms with Gasteiger partial charge in [-0.3, -0.25) is 4.98 Å². The van der Waals surface area contributed by atoms with Gasteiger partial charge in [0, 0.05) is 5.75 Å². The van der Waals surface area contributed by atoms with E-state index in [9.17, 15) is 0 Å². The summed E-state index contributed by atoms with van der Waals surface area (Å²) in [6, 6.07) is 7.59. The van der Waals surface area contributed by atoms with Crippen LogP contribution < -0.4 is 4.74 Å². The monoisotopic (exact) mass is 317 g/mol. The summed E-state index contributed by atoms with van der Waals surface area (Å²) in [5.74, 6) is 2.28. The molecule has 0 N–H and O–H groups in total. The van der Waals surface area contributed by atoms with E-state index in [-0.39, 0.29) is 0 Å². The van der Waals surface area contributed by atoms with Crippen molar-refractivity contribution >= 4 is 11.8 Å². The van der Waals surface area contributed by atoms with E-state index in [2.05, 4.69) is 20.5 Å². The lowest BCUT2D eigenvalue weighted by atomic mass is 10.4. The molecule has 8 heteroatoms. The first kappa shape index (κ1) is 14.6. The van der Waals surface area contributed by atoms with E-state index in [0.717, 1.165) is 22.4 Å². The summed E-state index contributed by atoms with van der Waals surface area (Å²) in [5.41, 5.74) is 0.945. The van der Waals surface area contributed by atoms with Gasteiger partial charge >= 0.3 is 0 Å². The standard InChI is InChI=1S/C14H15N5O2S/c1-2-20-12-6-5-11(15-8-12)10-22-14-16-17-18-19(14)9-13-4-3-7-21-13/h3-8H,2,9-10H2,1H3. The molecule has 3 rings (SSSR count). The van der Waals surface area contributed by atoms with Gasteiger partial charge in [0.2, 0.25) is 5.16 Å². The molecule has 22 heavy (non-hydrogen) atoms. The number of pyridine rings is 1. The van der Waals surface area contributed by atoms with Crippen molar-refractivity contribution < 1.29 is 9.15 Å². The highest BCUT2D eigenvalue weighted by Gasteiger charge is 2.09. The van der Waals surface area contributed by atoms with Crippen LogP contribution in [0.15, 0.2) is 46.3 Å². The van der Waals surface area contributed by atoms with Gasteiger partial charge in [-0.05, 0) is 41.6 Å². The van der Waals surface area contributed by atoms with Gasteiger partial charge in [-0.15, -0.1) is 5.10 Å². The molecule has 7 nitrogen and oxygen atoms in total. The van der Waals surface area contributed by atoms with E-state index in [1.807, 2.05) is 31.2 Å². The van der Waals surface area contributed by atoms with Gasteiger partial charge in [-0.1, -0.05) is 11.8 Å². The predicted molar refractivity (Wildman–Crippen MR) is 80.6 cm³/mol. The van der Waals surface area contributed by atoms with Crippen LogP contribution in [0.2, 0.25) is 0 Å². The second kappa shape index (κ2) is 7.08. The SMILES string of the molecule is CCOc1ccc(CSc2nnnn2Cc2ccco2)nc1. The van der Waals surface area contributed by atoms with Crippen LogP contribution in [0.1, 0.15) is 18.4 Å². The molecule has 0 amide bonds. The molecule has 3 heterocycles. The number of rotatable bonds is 7. The van der Waals surface area contributed by atoms with Crippen LogP contribution in [-0.4, -0.2) is 31.8 Å². The third kappa shape index (κ3) is 3.64. The number of aromatic nitrogens is 5. The second-order valence-corrected chi connectivity index (χ2v) is 5.35. The van der Waals surface area contributed by atoms with E-state index < -0.39 is 0 Å². The fourth-order valence-corrected chi connectivity index (χ4v) is 2.63.